The summed E-state index contributed by atoms with van der Waals surface area (Å²) < 4.78 is 16.4. The molecule has 3 aromatic carbocycles. The minimum atomic E-state index is -2.90. The molecule has 0 saturated carbocycles. The Morgan fingerprint density at radius 2 is 1.15 bits per heavy atom. The highest BCUT2D eigenvalue weighted by atomic mass is 31.1. The van der Waals surface area contributed by atoms with Crippen molar-refractivity contribution < 1.29 is 14.0 Å². The Bertz CT molecular complexity index is 778. The molecule has 0 fully saturated rings. The molecule has 132 valence electrons. The molecule has 0 radical (unpaired) electrons. The molecule has 0 aliphatic carbocycles. The molecule has 0 aliphatic heterocycles. The first-order valence-corrected chi connectivity index (χ1v) is 9.68. The monoisotopic (exact) mass is 364 g/mol. The van der Waals surface area contributed by atoms with E-state index in [1.54, 1.807) is 0 Å². The summed E-state index contributed by atoms with van der Waals surface area (Å²) in [4.78, 5) is 11.2. The quantitative estimate of drug-likeness (QED) is 0.555. The first-order chi connectivity index (χ1) is 12.7. The minimum absolute atomic E-state index is 0.111. The Kier molecular flexibility index (Phi) is 6.30. The van der Waals surface area contributed by atoms with Crippen LogP contribution in [0.15, 0.2) is 91.0 Å². The molecule has 3 nitrogen and oxygen atoms in total. The van der Waals surface area contributed by atoms with Gasteiger partial charge in [-0.05, 0) is 34.1 Å². The molecule has 3 rings (SSSR count). The van der Waals surface area contributed by atoms with Crippen LogP contribution in [-0.2, 0) is 27.3 Å². The van der Waals surface area contributed by atoms with Gasteiger partial charge in [-0.25, -0.2) is 0 Å². The first kappa shape index (κ1) is 18.5. The molecule has 0 heterocycles. The second-order valence-corrected chi connectivity index (χ2v) is 7.17. The van der Waals surface area contributed by atoms with Gasteiger partial charge in [0.05, 0.1) is 0 Å². The summed E-state index contributed by atoms with van der Waals surface area (Å²) in [6.07, 6.45) is 1.38. The maximum Gasteiger partial charge on any atom is 0.488 e. The van der Waals surface area contributed by atoms with E-state index in [4.69, 9.17) is 4.52 Å². The molecular weight excluding hydrogens is 343 g/mol. The third-order valence-corrected chi connectivity index (χ3v) is 4.94. The van der Waals surface area contributed by atoms with E-state index in [1.165, 1.54) is 0 Å². The zero-order valence-corrected chi connectivity index (χ0v) is 15.3. The molecule has 1 atom stereocenters. The summed E-state index contributed by atoms with van der Waals surface area (Å²) in [5.41, 5.74) is 2.90. The smallest absolute Gasteiger partial charge is 0.488 e. The number of benzene rings is 3. The maximum atomic E-state index is 11.2. The van der Waals surface area contributed by atoms with Gasteiger partial charge in [-0.2, -0.15) is 0 Å². The van der Waals surface area contributed by atoms with Gasteiger partial charge in [0.1, 0.15) is 6.61 Å². The van der Waals surface area contributed by atoms with Crippen molar-refractivity contribution in [3.8, 4) is 0 Å². The molecule has 0 aromatic heterocycles. The van der Waals surface area contributed by atoms with Crippen LogP contribution in [0.2, 0.25) is 0 Å². The van der Waals surface area contributed by atoms with Gasteiger partial charge in [0.25, 0.3) is 0 Å². The average molecular weight is 364 g/mol. The van der Waals surface area contributed by atoms with Crippen LogP contribution in [0.5, 0.6) is 0 Å². The lowest BCUT2D eigenvalue weighted by molar-refractivity contribution is -0.186. The van der Waals surface area contributed by atoms with E-state index in [9.17, 15) is 9.46 Å². The molecule has 0 bridgehead atoms. The lowest BCUT2D eigenvalue weighted by atomic mass is 9.72. The second-order valence-electron chi connectivity index (χ2n) is 6.47. The van der Waals surface area contributed by atoms with E-state index >= 15 is 0 Å². The first-order valence-electron chi connectivity index (χ1n) is 8.59. The van der Waals surface area contributed by atoms with Gasteiger partial charge < -0.3 is 4.89 Å². The Morgan fingerprint density at radius 1 is 0.731 bits per heavy atom. The highest BCUT2D eigenvalue weighted by Gasteiger charge is 2.35. The minimum Gasteiger partial charge on any atom is -0.566 e. The molecule has 0 aliphatic rings. The topological polar surface area (TPSA) is 49.4 Å². The zero-order valence-electron chi connectivity index (χ0n) is 14.5. The summed E-state index contributed by atoms with van der Waals surface area (Å²) in [6.45, 7) is 0.111. The Labute approximate surface area is 155 Å². The van der Waals surface area contributed by atoms with E-state index in [0.717, 1.165) is 16.7 Å². The Hall–Kier alpha value is -2.32. The Balaban J connectivity index is 2.04. The third kappa shape index (κ3) is 4.86. The van der Waals surface area contributed by atoms with Crippen LogP contribution in [0.4, 0.5) is 0 Å². The van der Waals surface area contributed by atoms with E-state index in [-0.39, 0.29) is 6.61 Å². The van der Waals surface area contributed by atoms with Crippen molar-refractivity contribution in [2.75, 3.05) is 6.61 Å². The van der Waals surface area contributed by atoms with E-state index in [0.29, 0.717) is 12.8 Å². The second kappa shape index (κ2) is 8.86. The van der Waals surface area contributed by atoms with Gasteiger partial charge in [-0.15, -0.1) is 4.52 Å². The zero-order chi connectivity index (χ0) is 18.2. The molecule has 26 heavy (non-hydrogen) atoms. The van der Waals surface area contributed by atoms with Gasteiger partial charge >= 0.3 is 8.25 Å². The standard InChI is InChI=1S/C22H21O3P/c23-26(24)25-18-22(21-14-8-3-9-15-21,16-19-10-4-1-5-11-19)17-20-12-6-2-7-13-20/h1-15H,16-18H2. The number of rotatable bonds is 8. The van der Waals surface area contributed by atoms with Crippen LogP contribution >= 0.6 is 8.25 Å². The third-order valence-electron chi connectivity index (χ3n) is 4.60. The predicted octanol–water partition coefficient (Wildman–Crippen LogP) is 4.44. The molecule has 0 saturated heterocycles. The fraction of sp³-hybridized carbons (Fsp3) is 0.182. The maximum absolute atomic E-state index is 11.2. The lowest BCUT2D eigenvalue weighted by Crippen LogP contribution is -2.36. The van der Waals surface area contributed by atoms with Gasteiger partial charge in [0.2, 0.25) is 0 Å². The normalized spacial score (nSPS) is 12.0. The van der Waals surface area contributed by atoms with Crippen molar-refractivity contribution in [1.82, 2.24) is 0 Å². The predicted molar refractivity (Wildman–Crippen MR) is 102 cm³/mol. The fourth-order valence-electron chi connectivity index (χ4n) is 3.39. The summed E-state index contributed by atoms with van der Waals surface area (Å²) >= 11 is 0. The van der Waals surface area contributed by atoms with Crippen molar-refractivity contribution in [3.63, 3.8) is 0 Å². The van der Waals surface area contributed by atoms with Crippen LogP contribution in [0, 0.1) is 0 Å². The number of hydrogen-bond acceptors (Lipinski definition) is 3. The lowest BCUT2D eigenvalue weighted by Gasteiger charge is -2.33. The summed E-state index contributed by atoms with van der Waals surface area (Å²) in [7, 11) is -2.90. The highest BCUT2D eigenvalue weighted by Crippen LogP contribution is 2.35. The van der Waals surface area contributed by atoms with Crippen LogP contribution in [0.3, 0.4) is 0 Å². The highest BCUT2D eigenvalue weighted by molar-refractivity contribution is 7.30. The van der Waals surface area contributed by atoms with Crippen LogP contribution < -0.4 is 4.89 Å². The SMILES string of the molecule is O=[P+]([O-])OCC(Cc1ccccc1)(Cc1ccccc1)c1ccccc1. The number of hydrogen-bond donors (Lipinski definition) is 0. The van der Waals surface area contributed by atoms with Crippen molar-refractivity contribution in [1.29, 1.82) is 0 Å². The largest absolute Gasteiger partial charge is 0.566 e. The summed E-state index contributed by atoms with van der Waals surface area (Å²) in [5, 5.41) is 0. The molecule has 0 N–H and O–H groups in total. The van der Waals surface area contributed by atoms with Crippen LogP contribution in [-0.4, -0.2) is 6.61 Å². The summed E-state index contributed by atoms with van der Waals surface area (Å²) in [5.74, 6) is 0. The average Bonchev–Trinajstić information content (AvgIpc) is 2.68. The molecule has 0 amide bonds. The van der Waals surface area contributed by atoms with E-state index < -0.39 is 13.7 Å². The molecular formula is C22H21O3P. The Morgan fingerprint density at radius 3 is 1.58 bits per heavy atom. The van der Waals surface area contributed by atoms with Gasteiger partial charge in [-0.1, -0.05) is 91.0 Å². The van der Waals surface area contributed by atoms with Gasteiger partial charge in [-0.3, -0.25) is 0 Å². The van der Waals surface area contributed by atoms with Gasteiger partial charge in [0.15, 0.2) is 0 Å². The molecule has 1 unspecified atom stereocenters. The molecule has 0 spiro atoms. The molecule has 4 heteroatoms. The van der Waals surface area contributed by atoms with Crippen molar-refractivity contribution in [3.05, 3.63) is 108 Å². The van der Waals surface area contributed by atoms with Crippen LogP contribution in [0.1, 0.15) is 16.7 Å². The fourth-order valence-corrected chi connectivity index (χ4v) is 3.75. The van der Waals surface area contributed by atoms with Crippen molar-refractivity contribution >= 4 is 8.25 Å². The van der Waals surface area contributed by atoms with Crippen LogP contribution in [0.25, 0.3) is 0 Å². The van der Waals surface area contributed by atoms with Crippen molar-refractivity contribution in [2.45, 2.75) is 18.3 Å². The van der Waals surface area contributed by atoms with Gasteiger partial charge in [0, 0.05) is 5.41 Å². The molecule has 3 aromatic rings. The summed E-state index contributed by atoms with van der Waals surface area (Å²) in [6, 6.07) is 30.3. The van der Waals surface area contributed by atoms with Crippen molar-refractivity contribution in [2.24, 2.45) is 0 Å². The van der Waals surface area contributed by atoms with E-state index in [1.807, 2.05) is 66.7 Å². The van der Waals surface area contributed by atoms with E-state index in [2.05, 4.69) is 24.3 Å².